The average Bonchev–Trinajstić information content (AvgIpc) is 3.48. The summed E-state index contributed by atoms with van der Waals surface area (Å²) in [4.78, 5) is 41.0. The first kappa shape index (κ1) is 26.0. The quantitative estimate of drug-likeness (QED) is 0.332. The molecule has 0 spiro atoms. The lowest BCUT2D eigenvalue weighted by Crippen LogP contribution is -2.52. The lowest BCUT2D eigenvalue weighted by Gasteiger charge is -2.23. The van der Waals surface area contributed by atoms with Crippen LogP contribution in [-0.4, -0.2) is 35.2 Å². The third-order valence-corrected chi connectivity index (χ3v) is 7.66. The van der Waals surface area contributed by atoms with Crippen molar-refractivity contribution in [1.29, 1.82) is 5.26 Å². The van der Waals surface area contributed by atoms with Crippen molar-refractivity contribution >= 4 is 27.5 Å². The molecule has 1 aromatic carbocycles. The summed E-state index contributed by atoms with van der Waals surface area (Å²) in [6.45, 7) is 4.37. The van der Waals surface area contributed by atoms with Crippen molar-refractivity contribution in [3.05, 3.63) is 73.9 Å². The Morgan fingerprint density at radius 1 is 1.19 bits per heavy atom. The number of unbranched alkanes of at least 4 members (excludes halogenated alkanes) is 1. The number of nitriles is 1. The van der Waals surface area contributed by atoms with Gasteiger partial charge in [-0.1, -0.05) is 17.4 Å². The third-order valence-electron chi connectivity index (χ3n) is 6.38. The first-order valence-corrected chi connectivity index (χ1v) is 12.4. The van der Waals surface area contributed by atoms with Gasteiger partial charge in [0.2, 0.25) is 0 Å². The summed E-state index contributed by atoms with van der Waals surface area (Å²) in [5.74, 6) is -1.75. The van der Waals surface area contributed by atoms with Crippen LogP contribution >= 0.6 is 11.3 Å². The zero-order valence-electron chi connectivity index (χ0n) is 20.6. The maximum Gasteiger partial charge on any atom is 0.333 e. The summed E-state index contributed by atoms with van der Waals surface area (Å²) < 4.78 is 16.3. The minimum atomic E-state index is -1.82. The molecule has 1 N–H and O–H groups in total. The van der Waals surface area contributed by atoms with Crippen LogP contribution in [0.1, 0.15) is 43.4 Å². The van der Waals surface area contributed by atoms with Crippen LogP contribution in [0.4, 0.5) is 4.39 Å². The molecule has 0 aliphatic carbocycles. The molecule has 0 aliphatic rings. The van der Waals surface area contributed by atoms with E-state index >= 15 is 0 Å². The second-order valence-corrected chi connectivity index (χ2v) is 10.1. The molecular weight excluding hydrogens is 499 g/mol. The van der Waals surface area contributed by atoms with E-state index in [0.717, 1.165) is 21.5 Å². The van der Waals surface area contributed by atoms with Crippen LogP contribution in [0, 0.1) is 24.1 Å². The van der Waals surface area contributed by atoms with Crippen molar-refractivity contribution in [2.75, 3.05) is 0 Å². The van der Waals surface area contributed by atoms with E-state index in [1.54, 1.807) is 13.0 Å². The van der Waals surface area contributed by atoms with Gasteiger partial charge in [-0.2, -0.15) is 15.5 Å². The number of hydrogen-bond acceptors (Lipinski definition) is 7. The van der Waals surface area contributed by atoms with Gasteiger partial charge in [0.25, 0.3) is 5.56 Å². The fourth-order valence-corrected chi connectivity index (χ4v) is 5.53. The molecule has 0 bridgehead atoms. The van der Waals surface area contributed by atoms with Crippen LogP contribution in [0.3, 0.4) is 0 Å². The molecule has 4 rings (SSSR count). The van der Waals surface area contributed by atoms with Gasteiger partial charge >= 0.3 is 11.7 Å². The molecule has 10 nitrogen and oxygen atoms in total. The molecule has 12 heteroatoms. The molecule has 3 aromatic heterocycles. The van der Waals surface area contributed by atoms with Crippen molar-refractivity contribution in [2.24, 2.45) is 0 Å². The molecule has 3 heterocycles. The van der Waals surface area contributed by atoms with Crippen molar-refractivity contribution in [3.8, 4) is 11.1 Å². The van der Waals surface area contributed by atoms with Gasteiger partial charge < -0.3 is 5.11 Å². The number of aromatic nitrogens is 5. The Labute approximate surface area is 214 Å². The van der Waals surface area contributed by atoms with E-state index in [-0.39, 0.29) is 18.4 Å². The highest BCUT2D eigenvalue weighted by Crippen LogP contribution is 2.31. The number of carboxylic acids is 1. The predicted molar refractivity (Wildman–Crippen MR) is 136 cm³/mol. The number of thiophene rings is 1. The molecule has 0 saturated heterocycles. The van der Waals surface area contributed by atoms with E-state index in [2.05, 4.69) is 16.3 Å². The molecule has 0 aliphatic heterocycles. The SMILES string of the molecule is Cc1c(-n2nccn2)sc2c1c(=O)n(C(C)(C)C(=O)O)c(=O)n2CCc1cc(F)ccc1CCCC#N. The summed E-state index contributed by atoms with van der Waals surface area (Å²) in [6.07, 6.45) is 4.78. The summed E-state index contributed by atoms with van der Waals surface area (Å²) >= 11 is 1.15. The van der Waals surface area contributed by atoms with Crippen molar-refractivity contribution < 1.29 is 14.3 Å². The molecule has 4 aromatic rings. The summed E-state index contributed by atoms with van der Waals surface area (Å²) in [7, 11) is 0. The first-order chi connectivity index (χ1) is 17.6. The van der Waals surface area contributed by atoms with Crippen molar-refractivity contribution in [1.82, 2.24) is 24.1 Å². The Kier molecular flexibility index (Phi) is 7.09. The van der Waals surface area contributed by atoms with Crippen LogP contribution in [0.25, 0.3) is 15.2 Å². The maximum atomic E-state index is 14.1. The molecule has 0 atom stereocenters. The zero-order valence-corrected chi connectivity index (χ0v) is 21.4. The number of hydrogen-bond donors (Lipinski definition) is 1. The number of aliphatic carboxylic acids is 1. The Balaban J connectivity index is 1.90. The summed E-state index contributed by atoms with van der Waals surface area (Å²) in [5, 5.41) is 27.7. The molecule has 0 fully saturated rings. The number of aryl methyl sites for hydroxylation is 4. The standard InChI is InChI=1S/C25H25FN6O4S/c1-15-19-20(33)31(25(2,3)23(34)35)24(36)30(22(19)37-21(15)32-28-11-12-29-32)13-9-17-14-18(26)8-7-16(17)6-4-5-10-27/h7-8,11-12,14H,4-6,9,13H2,1-3H3,(H,34,35). The largest absolute Gasteiger partial charge is 0.480 e. The minimum Gasteiger partial charge on any atom is -0.480 e. The van der Waals surface area contributed by atoms with E-state index in [4.69, 9.17) is 5.26 Å². The second kappa shape index (κ2) is 10.1. The predicted octanol–water partition coefficient (Wildman–Crippen LogP) is 3.16. The van der Waals surface area contributed by atoms with Gasteiger partial charge in [-0.05, 0) is 63.3 Å². The highest BCUT2D eigenvalue weighted by molar-refractivity contribution is 7.21. The van der Waals surface area contributed by atoms with Crippen LogP contribution in [0.5, 0.6) is 0 Å². The number of halogens is 1. The highest BCUT2D eigenvalue weighted by Gasteiger charge is 2.35. The molecule has 0 radical (unpaired) electrons. The van der Waals surface area contributed by atoms with Gasteiger partial charge in [0.15, 0.2) is 0 Å². The fourth-order valence-electron chi connectivity index (χ4n) is 4.29. The van der Waals surface area contributed by atoms with Crippen LogP contribution in [0.15, 0.2) is 40.2 Å². The smallest absolute Gasteiger partial charge is 0.333 e. The lowest BCUT2D eigenvalue weighted by atomic mass is 9.99. The molecular formula is C25H25FN6O4S. The lowest BCUT2D eigenvalue weighted by molar-refractivity contribution is -0.146. The Bertz CT molecular complexity index is 1640. The fraction of sp³-hybridized carbons (Fsp3) is 0.360. The second-order valence-electron chi connectivity index (χ2n) is 9.14. The van der Waals surface area contributed by atoms with E-state index in [1.807, 2.05) is 0 Å². The first-order valence-electron chi connectivity index (χ1n) is 11.6. The highest BCUT2D eigenvalue weighted by atomic mass is 32.1. The third kappa shape index (κ3) is 4.70. The van der Waals surface area contributed by atoms with Crippen molar-refractivity contribution in [2.45, 2.75) is 58.5 Å². The van der Waals surface area contributed by atoms with E-state index in [9.17, 15) is 23.9 Å². The van der Waals surface area contributed by atoms with Gasteiger partial charge in [-0.3, -0.25) is 9.36 Å². The van der Waals surface area contributed by atoms with Gasteiger partial charge in [-0.15, -0.1) is 4.80 Å². The molecule has 37 heavy (non-hydrogen) atoms. The topological polar surface area (TPSA) is 136 Å². The number of fused-ring (bicyclic) bond motifs is 1. The number of carbonyl (C=O) groups is 1. The summed E-state index contributed by atoms with van der Waals surface area (Å²) in [5.41, 5.74) is -1.23. The molecule has 0 amide bonds. The number of rotatable bonds is 9. The summed E-state index contributed by atoms with van der Waals surface area (Å²) in [6, 6.07) is 6.53. The average molecular weight is 525 g/mol. The Morgan fingerprint density at radius 3 is 2.54 bits per heavy atom. The number of nitrogens with zero attached hydrogens (tertiary/aromatic N) is 6. The molecule has 0 unspecified atom stereocenters. The Morgan fingerprint density at radius 2 is 1.89 bits per heavy atom. The zero-order chi connectivity index (χ0) is 26.9. The van der Waals surface area contributed by atoms with E-state index in [1.165, 1.54) is 47.7 Å². The molecule has 192 valence electrons. The monoisotopic (exact) mass is 524 g/mol. The van der Waals surface area contributed by atoms with E-state index in [0.29, 0.717) is 40.2 Å². The van der Waals surface area contributed by atoms with Crippen LogP contribution in [-0.2, 0) is 29.7 Å². The van der Waals surface area contributed by atoms with Crippen LogP contribution < -0.4 is 11.2 Å². The van der Waals surface area contributed by atoms with Gasteiger partial charge in [0.05, 0.1) is 23.8 Å². The van der Waals surface area contributed by atoms with Gasteiger partial charge in [0, 0.05) is 18.5 Å². The number of carboxylic acid groups (broad SMARTS) is 1. The van der Waals surface area contributed by atoms with E-state index < -0.39 is 28.6 Å². The molecule has 0 saturated carbocycles. The number of benzene rings is 1. The van der Waals surface area contributed by atoms with Gasteiger partial charge in [0.1, 0.15) is 21.2 Å². The van der Waals surface area contributed by atoms with Gasteiger partial charge in [-0.25, -0.2) is 18.5 Å². The Hall–Kier alpha value is -4.11. The maximum absolute atomic E-state index is 14.1. The minimum absolute atomic E-state index is 0.0753. The van der Waals surface area contributed by atoms with Crippen molar-refractivity contribution in [3.63, 3.8) is 0 Å². The van der Waals surface area contributed by atoms with Crippen LogP contribution in [0.2, 0.25) is 0 Å². The normalized spacial score (nSPS) is 11.6.